The standard InChI is InChI=1S/C20H20P.FH/c1-2-21(18-12-6-3-7-13-18,19-14-8-4-9-15-19)20-16-10-5-11-17-20;/h3-17H,2H2,1H3;1H/q+1;. The first-order chi connectivity index (χ1) is 10.4. The smallest absolute Gasteiger partial charge is 0.111 e. The number of halogens is 1. The first kappa shape index (κ1) is 16.4. The van der Waals surface area contributed by atoms with E-state index >= 15 is 0 Å². The van der Waals surface area contributed by atoms with Crippen LogP contribution in [0.1, 0.15) is 6.92 Å². The van der Waals surface area contributed by atoms with Gasteiger partial charge < -0.3 is 0 Å². The Hall–Kier alpha value is -1.98. The van der Waals surface area contributed by atoms with E-state index in [0.29, 0.717) is 0 Å². The zero-order chi connectivity index (χ0) is 14.5. The first-order valence-electron chi connectivity index (χ1n) is 7.43. The van der Waals surface area contributed by atoms with Crippen molar-refractivity contribution < 1.29 is 4.70 Å². The van der Waals surface area contributed by atoms with Gasteiger partial charge in [-0.25, -0.2) is 0 Å². The average molecular weight is 311 g/mol. The molecule has 0 nitrogen and oxygen atoms in total. The van der Waals surface area contributed by atoms with Crippen LogP contribution in [0.25, 0.3) is 0 Å². The number of benzene rings is 3. The Morgan fingerprint density at radius 2 is 0.818 bits per heavy atom. The fraction of sp³-hybridized carbons (Fsp3) is 0.100. The Morgan fingerprint density at radius 1 is 0.545 bits per heavy atom. The molecule has 0 N–H and O–H groups in total. The van der Waals surface area contributed by atoms with Gasteiger partial charge in [-0.1, -0.05) is 54.6 Å². The minimum atomic E-state index is -1.53. The van der Waals surface area contributed by atoms with Crippen LogP contribution in [0.15, 0.2) is 91.0 Å². The molecular formula is C20H21FP+. The first-order valence-corrected chi connectivity index (χ1v) is 9.40. The molecule has 112 valence electrons. The highest BCUT2D eigenvalue weighted by Crippen LogP contribution is 2.54. The molecule has 0 atom stereocenters. The molecule has 0 amide bonds. The summed E-state index contributed by atoms with van der Waals surface area (Å²) in [6.07, 6.45) is 1.14. The van der Waals surface area contributed by atoms with Crippen LogP contribution in [0.3, 0.4) is 0 Å². The van der Waals surface area contributed by atoms with Gasteiger partial charge in [0.1, 0.15) is 23.2 Å². The molecular weight excluding hydrogens is 290 g/mol. The molecule has 0 heterocycles. The van der Waals surface area contributed by atoms with Gasteiger partial charge in [0.05, 0.1) is 6.16 Å². The van der Waals surface area contributed by atoms with Crippen LogP contribution >= 0.6 is 7.26 Å². The molecule has 3 aromatic carbocycles. The maximum Gasteiger partial charge on any atom is 0.111 e. The van der Waals surface area contributed by atoms with Crippen molar-refractivity contribution in [2.24, 2.45) is 0 Å². The van der Waals surface area contributed by atoms with Crippen LogP contribution in [-0.2, 0) is 0 Å². The molecule has 0 spiro atoms. The summed E-state index contributed by atoms with van der Waals surface area (Å²) in [5, 5.41) is 4.39. The Labute approximate surface area is 132 Å². The molecule has 0 radical (unpaired) electrons. The summed E-state index contributed by atoms with van der Waals surface area (Å²) in [7, 11) is -1.53. The zero-order valence-corrected chi connectivity index (χ0v) is 13.6. The Morgan fingerprint density at radius 3 is 1.05 bits per heavy atom. The number of rotatable bonds is 4. The maximum atomic E-state index is 2.32. The Kier molecular flexibility index (Phi) is 5.46. The Bertz CT molecular complexity index is 584. The molecule has 2 heteroatoms. The van der Waals surface area contributed by atoms with Gasteiger partial charge in [-0.2, -0.15) is 0 Å². The van der Waals surface area contributed by atoms with Crippen molar-refractivity contribution in [2.75, 3.05) is 6.16 Å². The van der Waals surface area contributed by atoms with Crippen molar-refractivity contribution in [1.82, 2.24) is 0 Å². The summed E-state index contributed by atoms with van der Waals surface area (Å²) in [6.45, 7) is 2.32. The molecule has 0 aliphatic carbocycles. The fourth-order valence-electron chi connectivity index (χ4n) is 3.04. The van der Waals surface area contributed by atoms with Gasteiger partial charge in [0, 0.05) is 0 Å². The molecule has 0 aliphatic heterocycles. The number of hydrogen-bond acceptors (Lipinski definition) is 0. The molecule has 0 unspecified atom stereocenters. The van der Waals surface area contributed by atoms with Crippen molar-refractivity contribution in [3.8, 4) is 0 Å². The van der Waals surface area contributed by atoms with E-state index in [-0.39, 0.29) is 4.70 Å². The lowest BCUT2D eigenvalue weighted by molar-refractivity contribution is 1.11. The van der Waals surface area contributed by atoms with E-state index < -0.39 is 7.26 Å². The zero-order valence-electron chi connectivity index (χ0n) is 12.7. The highest BCUT2D eigenvalue weighted by molar-refractivity contribution is 7.95. The van der Waals surface area contributed by atoms with Gasteiger partial charge in [0.2, 0.25) is 0 Å². The second kappa shape index (κ2) is 7.33. The van der Waals surface area contributed by atoms with E-state index in [1.807, 2.05) is 0 Å². The highest BCUT2D eigenvalue weighted by atomic mass is 31.2. The molecule has 3 rings (SSSR count). The van der Waals surface area contributed by atoms with Crippen molar-refractivity contribution in [3.05, 3.63) is 91.0 Å². The largest absolute Gasteiger partial charge is 0.269 e. The summed E-state index contributed by atoms with van der Waals surface area (Å²) in [5.74, 6) is 0. The summed E-state index contributed by atoms with van der Waals surface area (Å²) >= 11 is 0. The van der Waals surface area contributed by atoms with E-state index in [1.54, 1.807) is 0 Å². The molecule has 0 saturated carbocycles. The van der Waals surface area contributed by atoms with Crippen molar-refractivity contribution in [1.29, 1.82) is 0 Å². The van der Waals surface area contributed by atoms with E-state index in [4.69, 9.17) is 0 Å². The van der Waals surface area contributed by atoms with Gasteiger partial charge in [-0.3, -0.25) is 4.70 Å². The SMILES string of the molecule is CC[P+](c1ccccc1)(c1ccccc1)c1ccccc1.F. The van der Waals surface area contributed by atoms with E-state index in [2.05, 4.69) is 97.9 Å². The molecule has 3 aromatic rings. The summed E-state index contributed by atoms with van der Waals surface area (Å²) in [5.41, 5.74) is 0. The van der Waals surface area contributed by atoms with Crippen LogP contribution in [0.5, 0.6) is 0 Å². The molecule has 0 fully saturated rings. The monoisotopic (exact) mass is 311 g/mol. The predicted octanol–water partition coefficient (Wildman–Crippen LogP) is 4.15. The molecule has 22 heavy (non-hydrogen) atoms. The molecule has 0 aromatic heterocycles. The molecule has 0 bridgehead atoms. The summed E-state index contributed by atoms with van der Waals surface area (Å²) in [6, 6.07) is 33.0. The highest BCUT2D eigenvalue weighted by Gasteiger charge is 2.43. The van der Waals surface area contributed by atoms with E-state index in [0.717, 1.165) is 6.16 Å². The van der Waals surface area contributed by atoms with Crippen LogP contribution in [0.4, 0.5) is 4.70 Å². The van der Waals surface area contributed by atoms with Gasteiger partial charge >= 0.3 is 0 Å². The van der Waals surface area contributed by atoms with Crippen LogP contribution in [0, 0.1) is 0 Å². The van der Waals surface area contributed by atoms with Crippen LogP contribution in [-0.4, -0.2) is 6.16 Å². The van der Waals surface area contributed by atoms with E-state index in [1.165, 1.54) is 15.9 Å². The lowest BCUT2D eigenvalue weighted by Gasteiger charge is -2.26. The van der Waals surface area contributed by atoms with Crippen LogP contribution in [0.2, 0.25) is 0 Å². The fourth-order valence-corrected chi connectivity index (χ4v) is 7.08. The topological polar surface area (TPSA) is 0 Å². The third-order valence-corrected chi connectivity index (χ3v) is 8.55. The minimum Gasteiger partial charge on any atom is -0.269 e. The third-order valence-electron chi connectivity index (χ3n) is 4.07. The van der Waals surface area contributed by atoms with Crippen molar-refractivity contribution >= 4 is 23.2 Å². The summed E-state index contributed by atoms with van der Waals surface area (Å²) < 4.78 is 0. The lowest BCUT2D eigenvalue weighted by atomic mass is 10.4. The number of hydrogen-bond donors (Lipinski definition) is 0. The maximum absolute atomic E-state index is 2.32. The lowest BCUT2D eigenvalue weighted by Crippen LogP contribution is -2.32. The quantitative estimate of drug-likeness (QED) is 0.635. The second-order valence-electron chi connectivity index (χ2n) is 5.13. The molecule has 0 saturated heterocycles. The second-order valence-corrected chi connectivity index (χ2v) is 8.93. The van der Waals surface area contributed by atoms with Crippen LogP contribution < -0.4 is 15.9 Å². The van der Waals surface area contributed by atoms with Gasteiger partial charge in [0.25, 0.3) is 0 Å². The third kappa shape index (κ3) is 2.82. The Balaban J connectivity index is 0.00000176. The van der Waals surface area contributed by atoms with Crippen molar-refractivity contribution in [3.63, 3.8) is 0 Å². The molecule has 0 aliphatic rings. The van der Waals surface area contributed by atoms with Crippen molar-refractivity contribution in [2.45, 2.75) is 6.92 Å². The summed E-state index contributed by atoms with van der Waals surface area (Å²) in [4.78, 5) is 0. The normalized spacial score (nSPS) is 10.8. The van der Waals surface area contributed by atoms with Gasteiger partial charge in [-0.15, -0.1) is 0 Å². The minimum absolute atomic E-state index is 0. The average Bonchev–Trinajstić information content (AvgIpc) is 2.59. The van der Waals surface area contributed by atoms with Gasteiger partial charge in [0.15, 0.2) is 0 Å². The van der Waals surface area contributed by atoms with Gasteiger partial charge in [-0.05, 0) is 43.3 Å². The predicted molar refractivity (Wildman–Crippen MR) is 98.2 cm³/mol. The van der Waals surface area contributed by atoms with E-state index in [9.17, 15) is 0 Å².